The Hall–Kier alpha value is -0.640. The molecule has 0 aliphatic carbocycles. The third kappa shape index (κ3) is 3.94. The topological polar surface area (TPSA) is 15.3 Å². The van der Waals surface area contributed by atoms with Crippen LogP contribution in [0.15, 0.2) is 18.2 Å². The molecule has 2 atom stereocenters. The van der Waals surface area contributed by atoms with Crippen LogP contribution in [-0.4, -0.2) is 37.1 Å². The Balaban J connectivity index is 3.05. The van der Waals surface area contributed by atoms with Gasteiger partial charge >= 0.3 is 0 Å². The fraction of sp³-hybridized carbons (Fsp3) is 0.625. The summed E-state index contributed by atoms with van der Waals surface area (Å²) in [5.41, 5.74) is 0.852. The molecule has 0 heterocycles. The van der Waals surface area contributed by atoms with Crippen molar-refractivity contribution in [3.8, 4) is 0 Å². The molecule has 0 saturated carbocycles. The van der Waals surface area contributed by atoms with E-state index in [9.17, 15) is 4.39 Å². The number of hydrogen-bond acceptors (Lipinski definition) is 2. The number of benzene rings is 1. The summed E-state index contributed by atoms with van der Waals surface area (Å²) in [5, 5.41) is 4.16. The molecule has 0 bridgehead atoms. The lowest BCUT2D eigenvalue weighted by molar-refractivity contribution is 0.113. The van der Waals surface area contributed by atoms with Crippen molar-refractivity contribution >= 4 is 11.6 Å². The summed E-state index contributed by atoms with van der Waals surface area (Å²) < 4.78 is 13.4. The molecule has 0 aliphatic heterocycles. The van der Waals surface area contributed by atoms with Crippen LogP contribution >= 0.6 is 11.6 Å². The van der Waals surface area contributed by atoms with Crippen LogP contribution in [0.1, 0.15) is 32.8 Å². The minimum Gasteiger partial charge on any atom is -0.312 e. The van der Waals surface area contributed by atoms with Gasteiger partial charge in [0.1, 0.15) is 5.82 Å². The van der Waals surface area contributed by atoms with Gasteiger partial charge in [-0.3, -0.25) is 0 Å². The standard InChI is InChI=1S/C16H26ClFN2/c1-6-16(3,20(4)5)15(19-7-2)11-12-10-13(18)8-9-14(12)17/h8-10,15,19H,6-7,11H2,1-5H3. The fourth-order valence-electron chi connectivity index (χ4n) is 2.55. The minimum atomic E-state index is -0.234. The molecule has 0 radical (unpaired) electrons. The zero-order valence-electron chi connectivity index (χ0n) is 13.1. The highest BCUT2D eigenvalue weighted by Crippen LogP contribution is 2.27. The molecule has 1 N–H and O–H groups in total. The molecule has 0 amide bonds. The van der Waals surface area contributed by atoms with E-state index in [2.05, 4.69) is 45.1 Å². The first-order valence-electron chi connectivity index (χ1n) is 7.19. The number of halogens is 2. The predicted molar refractivity (Wildman–Crippen MR) is 85.0 cm³/mol. The molecule has 4 heteroatoms. The van der Waals surface area contributed by atoms with Crippen molar-refractivity contribution in [2.45, 2.75) is 45.2 Å². The second kappa shape index (κ2) is 7.39. The van der Waals surface area contributed by atoms with E-state index in [-0.39, 0.29) is 17.4 Å². The number of nitrogens with zero attached hydrogens (tertiary/aromatic N) is 1. The van der Waals surface area contributed by atoms with Gasteiger partial charge in [-0.15, -0.1) is 0 Å². The smallest absolute Gasteiger partial charge is 0.123 e. The second-order valence-electron chi connectivity index (χ2n) is 5.66. The Kier molecular flexibility index (Phi) is 6.44. The number of nitrogens with one attached hydrogen (secondary N) is 1. The van der Waals surface area contributed by atoms with Gasteiger partial charge in [0.25, 0.3) is 0 Å². The molecule has 0 aliphatic rings. The highest BCUT2D eigenvalue weighted by atomic mass is 35.5. The third-order valence-electron chi connectivity index (χ3n) is 4.37. The van der Waals surface area contributed by atoms with E-state index in [1.54, 1.807) is 12.1 Å². The fourth-order valence-corrected chi connectivity index (χ4v) is 2.75. The molecule has 0 fully saturated rings. The van der Waals surface area contributed by atoms with E-state index >= 15 is 0 Å². The van der Waals surface area contributed by atoms with Crippen LogP contribution in [-0.2, 0) is 6.42 Å². The predicted octanol–water partition coefficient (Wildman–Crippen LogP) is 3.73. The average Bonchev–Trinajstić information content (AvgIpc) is 2.41. The number of hydrogen-bond donors (Lipinski definition) is 1. The summed E-state index contributed by atoms with van der Waals surface area (Å²) >= 11 is 6.21. The lowest BCUT2D eigenvalue weighted by atomic mass is 9.84. The van der Waals surface area contributed by atoms with Crippen LogP contribution in [0, 0.1) is 5.82 Å². The van der Waals surface area contributed by atoms with E-state index in [1.807, 2.05) is 0 Å². The van der Waals surface area contributed by atoms with Gasteiger partial charge in [-0.2, -0.15) is 0 Å². The zero-order valence-corrected chi connectivity index (χ0v) is 13.9. The van der Waals surface area contributed by atoms with Crippen molar-refractivity contribution in [3.63, 3.8) is 0 Å². The molecule has 1 rings (SSSR count). The van der Waals surface area contributed by atoms with Crippen molar-refractivity contribution in [2.24, 2.45) is 0 Å². The molecule has 1 aromatic carbocycles. The maximum atomic E-state index is 13.4. The van der Waals surface area contributed by atoms with Gasteiger partial charge in [0, 0.05) is 16.6 Å². The molecular weight excluding hydrogens is 275 g/mol. The second-order valence-corrected chi connectivity index (χ2v) is 6.06. The van der Waals surface area contributed by atoms with Gasteiger partial charge in [0.05, 0.1) is 0 Å². The zero-order chi connectivity index (χ0) is 15.3. The summed E-state index contributed by atoms with van der Waals surface area (Å²) in [7, 11) is 4.17. The first-order valence-corrected chi connectivity index (χ1v) is 7.57. The minimum absolute atomic E-state index is 0.00828. The quantitative estimate of drug-likeness (QED) is 0.825. The van der Waals surface area contributed by atoms with Crippen LogP contribution in [0.25, 0.3) is 0 Å². The van der Waals surface area contributed by atoms with Gasteiger partial charge in [-0.1, -0.05) is 25.4 Å². The van der Waals surface area contributed by atoms with E-state index in [0.29, 0.717) is 11.4 Å². The summed E-state index contributed by atoms with van der Waals surface area (Å²) in [6, 6.07) is 4.79. The molecule has 114 valence electrons. The summed E-state index contributed by atoms with van der Waals surface area (Å²) in [6.07, 6.45) is 1.72. The van der Waals surface area contributed by atoms with Gasteiger partial charge < -0.3 is 10.2 Å². The Bertz CT molecular complexity index is 436. The van der Waals surface area contributed by atoms with Crippen molar-refractivity contribution in [2.75, 3.05) is 20.6 Å². The van der Waals surface area contributed by atoms with Gasteiger partial charge in [-0.25, -0.2) is 4.39 Å². The third-order valence-corrected chi connectivity index (χ3v) is 4.74. The van der Waals surface area contributed by atoms with Crippen molar-refractivity contribution in [1.29, 1.82) is 0 Å². The SMILES string of the molecule is CCNC(Cc1cc(F)ccc1Cl)C(C)(CC)N(C)C. The molecule has 20 heavy (non-hydrogen) atoms. The van der Waals surface area contributed by atoms with Crippen LogP contribution in [0.3, 0.4) is 0 Å². The maximum Gasteiger partial charge on any atom is 0.123 e. The molecule has 0 aromatic heterocycles. The van der Waals surface area contributed by atoms with E-state index in [1.165, 1.54) is 6.07 Å². The van der Waals surface area contributed by atoms with Crippen LogP contribution in [0.5, 0.6) is 0 Å². The van der Waals surface area contributed by atoms with Crippen LogP contribution in [0.2, 0.25) is 5.02 Å². The molecule has 1 aromatic rings. The average molecular weight is 301 g/mol. The highest BCUT2D eigenvalue weighted by molar-refractivity contribution is 6.31. The van der Waals surface area contributed by atoms with Crippen LogP contribution in [0.4, 0.5) is 4.39 Å². The Labute approximate surface area is 127 Å². The van der Waals surface area contributed by atoms with E-state index < -0.39 is 0 Å². The van der Waals surface area contributed by atoms with Crippen molar-refractivity contribution in [3.05, 3.63) is 34.6 Å². The molecule has 0 spiro atoms. The summed E-state index contributed by atoms with van der Waals surface area (Å²) in [5.74, 6) is -0.234. The van der Waals surface area contributed by atoms with Gasteiger partial charge in [0.2, 0.25) is 0 Å². The van der Waals surface area contributed by atoms with E-state index in [4.69, 9.17) is 11.6 Å². The number of likely N-dealkylation sites (N-methyl/N-ethyl adjacent to an activating group) is 2. The van der Waals surface area contributed by atoms with Gasteiger partial charge in [-0.05, 0) is 64.2 Å². The summed E-state index contributed by atoms with van der Waals surface area (Å²) in [6.45, 7) is 7.37. The van der Waals surface area contributed by atoms with E-state index in [0.717, 1.165) is 18.5 Å². The number of rotatable bonds is 7. The molecule has 0 saturated heterocycles. The largest absolute Gasteiger partial charge is 0.312 e. The van der Waals surface area contributed by atoms with Gasteiger partial charge in [0.15, 0.2) is 0 Å². The normalized spacial score (nSPS) is 16.2. The lowest BCUT2D eigenvalue weighted by Crippen LogP contribution is -2.57. The Morgan fingerprint density at radius 3 is 2.50 bits per heavy atom. The van der Waals surface area contributed by atoms with Crippen molar-refractivity contribution < 1.29 is 4.39 Å². The molecule has 2 unspecified atom stereocenters. The molecular formula is C16H26ClFN2. The van der Waals surface area contributed by atoms with Crippen molar-refractivity contribution in [1.82, 2.24) is 10.2 Å². The first kappa shape index (κ1) is 17.4. The summed E-state index contributed by atoms with van der Waals surface area (Å²) in [4.78, 5) is 2.23. The van der Waals surface area contributed by atoms with Crippen LogP contribution < -0.4 is 5.32 Å². The molecule has 2 nitrogen and oxygen atoms in total. The first-order chi connectivity index (χ1) is 9.35. The lowest BCUT2D eigenvalue weighted by Gasteiger charge is -2.43. The monoisotopic (exact) mass is 300 g/mol. The highest BCUT2D eigenvalue weighted by Gasteiger charge is 2.34. The Morgan fingerprint density at radius 2 is 2.00 bits per heavy atom. The maximum absolute atomic E-state index is 13.4. The Morgan fingerprint density at radius 1 is 1.35 bits per heavy atom.